The molecule has 0 atom stereocenters. The first-order valence-corrected chi connectivity index (χ1v) is 11.1. The number of amides is 1. The van der Waals surface area contributed by atoms with Crippen LogP contribution in [0.3, 0.4) is 0 Å². The standard InChI is InChI=1S/C21H23ClN4O4S/c1-13-6-8-15(9-7-13)31(28,29)26(4)21-16(12-23-25(21)3)20(27)24-18-10-14(2)17(22)11-19(18)30-5/h6-12H,1-5H3,(H,24,27). The molecule has 0 aliphatic rings. The lowest BCUT2D eigenvalue weighted by Gasteiger charge is -2.21. The van der Waals surface area contributed by atoms with Crippen molar-refractivity contribution in [2.75, 3.05) is 23.8 Å². The van der Waals surface area contributed by atoms with E-state index in [1.165, 1.54) is 37.2 Å². The van der Waals surface area contributed by atoms with Gasteiger partial charge in [-0.05, 0) is 37.6 Å². The maximum atomic E-state index is 13.1. The number of sulfonamides is 1. The molecule has 1 aromatic heterocycles. The Morgan fingerprint density at radius 3 is 2.45 bits per heavy atom. The van der Waals surface area contributed by atoms with E-state index in [0.29, 0.717) is 16.5 Å². The van der Waals surface area contributed by atoms with E-state index >= 15 is 0 Å². The number of carbonyl (C=O) groups is 1. The monoisotopic (exact) mass is 462 g/mol. The van der Waals surface area contributed by atoms with Gasteiger partial charge in [0.15, 0.2) is 5.82 Å². The Kier molecular flexibility index (Phi) is 6.28. The molecule has 0 aliphatic carbocycles. The zero-order valence-electron chi connectivity index (χ0n) is 17.8. The molecule has 31 heavy (non-hydrogen) atoms. The summed E-state index contributed by atoms with van der Waals surface area (Å²) in [5, 5.41) is 7.35. The van der Waals surface area contributed by atoms with Gasteiger partial charge in [-0.2, -0.15) is 5.10 Å². The van der Waals surface area contributed by atoms with Crippen molar-refractivity contribution in [3.63, 3.8) is 0 Å². The van der Waals surface area contributed by atoms with E-state index in [1.54, 1.807) is 38.2 Å². The summed E-state index contributed by atoms with van der Waals surface area (Å²) >= 11 is 6.13. The Hall–Kier alpha value is -3.04. The molecule has 1 heterocycles. The van der Waals surface area contributed by atoms with Gasteiger partial charge in [-0.25, -0.2) is 8.42 Å². The molecule has 0 bridgehead atoms. The third-order valence-electron chi connectivity index (χ3n) is 4.86. The number of benzene rings is 2. The van der Waals surface area contributed by atoms with E-state index in [2.05, 4.69) is 10.4 Å². The maximum Gasteiger partial charge on any atom is 0.265 e. The third kappa shape index (κ3) is 4.38. The number of aromatic nitrogens is 2. The highest BCUT2D eigenvalue weighted by atomic mass is 35.5. The van der Waals surface area contributed by atoms with E-state index in [0.717, 1.165) is 15.4 Å². The van der Waals surface area contributed by atoms with Crippen LogP contribution in [0.5, 0.6) is 5.75 Å². The molecular weight excluding hydrogens is 440 g/mol. The third-order valence-corrected chi connectivity index (χ3v) is 7.03. The van der Waals surface area contributed by atoms with Crippen molar-refractivity contribution in [3.8, 4) is 5.75 Å². The lowest BCUT2D eigenvalue weighted by Crippen LogP contribution is -2.30. The number of rotatable bonds is 6. The number of hydrogen-bond acceptors (Lipinski definition) is 5. The average molecular weight is 463 g/mol. The molecule has 3 rings (SSSR count). The molecule has 8 nitrogen and oxygen atoms in total. The molecule has 1 N–H and O–H groups in total. The number of carbonyl (C=O) groups excluding carboxylic acids is 1. The number of anilines is 2. The van der Waals surface area contributed by atoms with Crippen LogP contribution < -0.4 is 14.4 Å². The molecule has 2 aromatic carbocycles. The van der Waals surface area contributed by atoms with Crippen LogP contribution in [0.1, 0.15) is 21.5 Å². The van der Waals surface area contributed by atoms with E-state index in [9.17, 15) is 13.2 Å². The molecule has 1 amide bonds. The number of aryl methyl sites for hydroxylation is 3. The highest BCUT2D eigenvalue weighted by Crippen LogP contribution is 2.32. The second-order valence-electron chi connectivity index (χ2n) is 7.05. The minimum Gasteiger partial charge on any atom is -0.495 e. The number of hydrogen-bond donors (Lipinski definition) is 1. The van der Waals surface area contributed by atoms with Gasteiger partial charge in [-0.3, -0.25) is 13.8 Å². The first-order chi connectivity index (χ1) is 14.6. The van der Waals surface area contributed by atoms with Crippen molar-refractivity contribution in [3.05, 3.63) is 64.3 Å². The molecular formula is C21H23ClN4O4S. The van der Waals surface area contributed by atoms with Crippen molar-refractivity contribution in [2.45, 2.75) is 18.7 Å². The maximum absolute atomic E-state index is 13.1. The van der Waals surface area contributed by atoms with Crippen molar-refractivity contribution >= 4 is 39.0 Å². The summed E-state index contributed by atoms with van der Waals surface area (Å²) in [6.07, 6.45) is 1.32. The van der Waals surface area contributed by atoms with E-state index in [4.69, 9.17) is 16.3 Å². The average Bonchev–Trinajstić information content (AvgIpc) is 3.11. The minimum atomic E-state index is -3.90. The second kappa shape index (κ2) is 8.60. The van der Waals surface area contributed by atoms with Crippen LogP contribution in [0.15, 0.2) is 47.5 Å². The minimum absolute atomic E-state index is 0.0929. The number of ether oxygens (including phenoxy) is 1. The number of methoxy groups -OCH3 is 1. The normalized spacial score (nSPS) is 11.3. The second-order valence-corrected chi connectivity index (χ2v) is 9.42. The van der Waals surface area contributed by atoms with Crippen LogP contribution in [0.25, 0.3) is 0 Å². The smallest absolute Gasteiger partial charge is 0.265 e. The lowest BCUT2D eigenvalue weighted by atomic mass is 10.2. The van der Waals surface area contributed by atoms with Gasteiger partial charge in [0.2, 0.25) is 0 Å². The largest absolute Gasteiger partial charge is 0.495 e. The van der Waals surface area contributed by atoms with Crippen LogP contribution in [0, 0.1) is 13.8 Å². The van der Waals surface area contributed by atoms with Gasteiger partial charge in [0.1, 0.15) is 11.3 Å². The van der Waals surface area contributed by atoms with Gasteiger partial charge in [0.05, 0.1) is 23.9 Å². The van der Waals surface area contributed by atoms with E-state index < -0.39 is 15.9 Å². The highest BCUT2D eigenvalue weighted by molar-refractivity contribution is 7.92. The molecule has 0 aliphatic heterocycles. The highest BCUT2D eigenvalue weighted by Gasteiger charge is 2.29. The Morgan fingerprint density at radius 1 is 1.19 bits per heavy atom. The molecule has 0 fully saturated rings. The van der Waals surface area contributed by atoms with Gasteiger partial charge in [0, 0.05) is 25.2 Å². The molecule has 0 saturated carbocycles. The Bertz CT molecular complexity index is 1240. The Labute approximate surface area is 186 Å². The quantitative estimate of drug-likeness (QED) is 0.601. The summed E-state index contributed by atoms with van der Waals surface area (Å²) in [6, 6.07) is 9.77. The predicted molar refractivity (Wildman–Crippen MR) is 121 cm³/mol. The fourth-order valence-electron chi connectivity index (χ4n) is 3.07. The summed E-state index contributed by atoms with van der Waals surface area (Å²) in [5.74, 6) is -0.0215. The Balaban J connectivity index is 1.98. The van der Waals surface area contributed by atoms with Crippen LogP contribution in [-0.2, 0) is 17.1 Å². The lowest BCUT2D eigenvalue weighted by molar-refractivity contribution is 0.102. The van der Waals surface area contributed by atoms with E-state index in [1.807, 2.05) is 6.92 Å². The molecule has 164 valence electrons. The summed E-state index contributed by atoms with van der Waals surface area (Å²) in [7, 11) is 0.516. The predicted octanol–water partition coefficient (Wildman–Crippen LogP) is 3.78. The van der Waals surface area contributed by atoms with Crippen molar-refractivity contribution in [1.82, 2.24) is 9.78 Å². The molecule has 0 radical (unpaired) electrons. The topological polar surface area (TPSA) is 93.5 Å². The first-order valence-electron chi connectivity index (χ1n) is 9.29. The van der Waals surface area contributed by atoms with Crippen molar-refractivity contribution in [2.24, 2.45) is 7.05 Å². The SMILES string of the molecule is COc1cc(Cl)c(C)cc1NC(=O)c1cnn(C)c1N(C)S(=O)(=O)c1ccc(C)cc1. The molecule has 0 spiro atoms. The summed E-state index contributed by atoms with van der Waals surface area (Å²) < 4.78 is 33.9. The molecule has 0 unspecified atom stereocenters. The molecule has 10 heteroatoms. The molecule has 3 aromatic rings. The summed E-state index contributed by atoms with van der Waals surface area (Å²) in [6.45, 7) is 3.67. The van der Waals surface area contributed by atoms with Gasteiger partial charge in [0.25, 0.3) is 15.9 Å². The van der Waals surface area contributed by atoms with Crippen LogP contribution >= 0.6 is 11.6 Å². The van der Waals surface area contributed by atoms with Crippen molar-refractivity contribution < 1.29 is 17.9 Å². The summed E-state index contributed by atoms with van der Waals surface area (Å²) in [5.41, 5.74) is 2.20. The fourth-order valence-corrected chi connectivity index (χ4v) is 4.46. The zero-order valence-corrected chi connectivity index (χ0v) is 19.4. The van der Waals surface area contributed by atoms with Gasteiger partial charge in [-0.15, -0.1) is 0 Å². The number of nitrogens with zero attached hydrogens (tertiary/aromatic N) is 3. The van der Waals surface area contributed by atoms with Crippen LogP contribution in [0.2, 0.25) is 5.02 Å². The zero-order chi connectivity index (χ0) is 22.9. The first kappa shape index (κ1) is 22.6. The van der Waals surface area contributed by atoms with Gasteiger partial charge >= 0.3 is 0 Å². The summed E-state index contributed by atoms with van der Waals surface area (Å²) in [4.78, 5) is 13.2. The fraction of sp³-hybridized carbons (Fsp3) is 0.238. The van der Waals surface area contributed by atoms with Gasteiger partial charge < -0.3 is 10.1 Å². The van der Waals surface area contributed by atoms with Crippen molar-refractivity contribution in [1.29, 1.82) is 0 Å². The number of nitrogens with one attached hydrogen (secondary N) is 1. The van der Waals surface area contributed by atoms with Crippen LogP contribution in [0.4, 0.5) is 11.5 Å². The molecule has 0 saturated heterocycles. The van der Waals surface area contributed by atoms with E-state index in [-0.39, 0.29) is 16.3 Å². The number of halogens is 1. The van der Waals surface area contributed by atoms with Crippen LogP contribution in [-0.4, -0.2) is 38.3 Å². The Morgan fingerprint density at radius 2 is 1.84 bits per heavy atom. The van der Waals surface area contributed by atoms with Gasteiger partial charge in [-0.1, -0.05) is 29.3 Å².